The Bertz CT molecular complexity index is 1030. The fraction of sp³-hybridized carbons (Fsp3) is 0.455. The average molecular weight is 443 g/mol. The summed E-state index contributed by atoms with van der Waals surface area (Å²) in [5, 5.41) is 12.7. The largest absolute Gasteiger partial charge is 0.484 e. The number of fused-ring (bicyclic) bond motifs is 1. The van der Waals surface area contributed by atoms with Crippen molar-refractivity contribution in [2.45, 2.75) is 57.6 Å². The molecule has 1 amide bonds. The zero-order valence-corrected chi connectivity index (χ0v) is 19.5. The standard InChI is InChI=1S/C22H30N6O2S/c1-14(2)25-20-18-12-24-28(21(18)27-22(26-20)31-15(3)4)10-9-23-19(29)13-30-17-8-6-7-16(5)11-17/h6-8,11-12,14-15H,9-10,13H2,1-5H3,(H,23,29)(H,25,26,27). The van der Waals surface area contributed by atoms with Crippen molar-refractivity contribution in [2.24, 2.45) is 0 Å². The monoisotopic (exact) mass is 442 g/mol. The molecule has 2 N–H and O–H groups in total. The predicted molar refractivity (Wildman–Crippen MR) is 125 cm³/mol. The zero-order chi connectivity index (χ0) is 22.4. The van der Waals surface area contributed by atoms with Crippen molar-refractivity contribution in [1.29, 1.82) is 0 Å². The quantitative estimate of drug-likeness (QED) is 0.366. The number of hydrogen-bond donors (Lipinski definition) is 2. The van der Waals surface area contributed by atoms with Gasteiger partial charge in [0.15, 0.2) is 17.4 Å². The van der Waals surface area contributed by atoms with Gasteiger partial charge in [-0.1, -0.05) is 37.7 Å². The first-order chi connectivity index (χ1) is 14.8. The van der Waals surface area contributed by atoms with Crippen LogP contribution in [-0.4, -0.2) is 50.1 Å². The number of thioether (sulfide) groups is 1. The van der Waals surface area contributed by atoms with Crippen LogP contribution in [0, 0.1) is 6.92 Å². The van der Waals surface area contributed by atoms with Crippen LogP contribution in [0.25, 0.3) is 11.0 Å². The van der Waals surface area contributed by atoms with E-state index in [9.17, 15) is 4.79 Å². The van der Waals surface area contributed by atoms with Crippen molar-refractivity contribution >= 4 is 34.5 Å². The van der Waals surface area contributed by atoms with Gasteiger partial charge >= 0.3 is 0 Å². The molecule has 9 heteroatoms. The number of amides is 1. The lowest BCUT2D eigenvalue weighted by atomic mass is 10.2. The van der Waals surface area contributed by atoms with Gasteiger partial charge in [-0.25, -0.2) is 14.6 Å². The number of carbonyl (C=O) groups excluding carboxylic acids is 1. The maximum atomic E-state index is 12.1. The van der Waals surface area contributed by atoms with E-state index in [2.05, 4.69) is 48.4 Å². The van der Waals surface area contributed by atoms with Gasteiger partial charge in [-0.15, -0.1) is 0 Å². The summed E-state index contributed by atoms with van der Waals surface area (Å²) < 4.78 is 7.35. The molecule has 0 aliphatic carbocycles. The maximum absolute atomic E-state index is 12.1. The van der Waals surface area contributed by atoms with Gasteiger partial charge in [0.2, 0.25) is 0 Å². The molecule has 0 saturated heterocycles. The first-order valence-corrected chi connectivity index (χ1v) is 11.3. The number of hydrogen-bond acceptors (Lipinski definition) is 7. The van der Waals surface area contributed by atoms with Gasteiger partial charge in [-0.05, 0) is 38.5 Å². The van der Waals surface area contributed by atoms with E-state index >= 15 is 0 Å². The molecule has 0 spiro atoms. The summed E-state index contributed by atoms with van der Waals surface area (Å²) in [4.78, 5) is 21.5. The molecule has 166 valence electrons. The highest BCUT2D eigenvalue weighted by Crippen LogP contribution is 2.26. The highest BCUT2D eigenvalue weighted by molar-refractivity contribution is 7.99. The molecule has 0 aliphatic rings. The van der Waals surface area contributed by atoms with Crippen LogP contribution in [-0.2, 0) is 11.3 Å². The molecule has 3 aromatic rings. The lowest BCUT2D eigenvalue weighted by molar-refractivity contribution is -0.123. The van der Waals surface area contributed by atoms with E-state index in [0.717, 1.165) is 22.4 Å². The van der Waals surface area contributed by atoms with Gasteiger partial charge in [-0.2, -0.15) is 5.10 Å². The second-order valence-corrected chi connectivity index (χ2v) is 9.42. The molecular formula is C22H30N6O2S. The van der Waals surface area contributed by atoms with Crippen LogP contribution in [0.1, 0.15) is 33.3 Å². The molecule has 31 heavy (non-hydrogen) atoms. The molecule has 0 unspecified atom stereocenters. The molecule has 0 bridgehead atoms. The number of aromatic nitrogens is 4. The zero-order valence-electron chi connectivity index (χ0n) is 18.7. The smallest absolute Gasteiger partial charge is 0.258 e. The second kappa shape index (κ2) is 10.5. The van der Waals surface area contributed by atoms with Crippen molar-refractivity contribution in [3.05, 3.63) is 36.0 Å². The topological polar surface area (TPSA) is 94.0 Å². The van der Waals surface area contributed by atoms with E-state index in [-0.39, 0.29) is 18.6 Å². The van der Waals surface area contributed by atoms with E-state index in [1.165, 1.54) is 0 Å². The molecule has 1 aromatic carbocycles. The molecule has 0 fully saturated rings. The fourth-order valence-electron chi connectivity index (χ4n) is 2.95. The van der Waals surface area contributed by atoms with E-state index in [1.54, 1.807) is 22.6 Å². The van der Waals surface area contributed by atoms with E-state index in [1.807, 2.05) is 31.2 Å². The minimum atomic E-state index is -0.175. The third kappa shape index (κ3) is 6.58. The van der Waals surface area contributed by atoms with Crippen molar-refractivity contribution in [3.8, 4) is 5.75 Å². The van der Waals surface area contributed by atoms with E-state index in [4.69, 9.17) is 9.72 Å². The Balaban J connectivity index is 1.63. The molecule has 8 nitrogen and oxygen atoms in total. The van der Waals surface area contributed by atoms with Crippen LogP contribution < -0.4 is 15.4 Å². The summed E-state index contributed by atoms with van der Waals surface area (Å²) in [5.41, 5.74) is 1.85. The Morgan fingerprint density at radius 1 is 1.23 bits per heavy atom. The molecule has 0 atom stereocenters. The first-order valence-electron chi connectivity index (χ1n) is 10.4. The molecule has 2 heterocycles. The lowest BCUT2D eigenvalue weighted by Gasteiger charge is -2.13. The Kier molecular flexibility index (Phi) is 7.73. The Morgan fingerprint density at radius 2 is 2.03 bits per heavy atom. The first kappa shape index (κ1) is 22.9. The maximum Gasteiger partial charge on any atom is 0.258 e. The Hall–Kier alpha value is -2.81. The van der Waals surface area contributed by atoms with Crippen molar-refractivity contribution in [3.63, 3.8) is 0 Å². The van der Waals surface area contributed by atoms with Crippen molar-refractivity contribution in [2.75, 3.05) is 18.5 Å². The number of ether oxygens (including phenoxy) is 1. The van der Waals surface area contributed by atoms with Crippen LogP contribution in [0.2, 0.25) is 0 Å². The lowest BCUT2D eigenvalue weighted by Crippen LogP contribution is -2.31. The third-order valence-corrected chi connectivity index (χ3v) is 5.11. The summed E-state index contributed by atoms with van der Waals surface area (Å²) in [6.07, 6.45) is 1.77. The minimum Gasteiger partial charge on any atom is -0.484 e. The summed E-state index contributed by atoms with van der Waals surface area (Å²) in [5.74, 6) is 1.29. The highest BCUT2D eigenvalue weighted by atomic mass is 32.2. The molecular weight excluding hydrogens is 412 g/mol. The molecule has 2 aromatic heterocycles. The Morgan fingerprint density at radius 3 is 2.74 bits per heavy atom. The molecule has 0 radical (unpaired) electrons. The van der Waals surface area contributed by atoms with Crippen LogP contribution in [0.5, 0.6) is 5.75 Å². The van der Waals surface area contributed by atoms with Gasteiger partial charge < -0.3 is 15.4 Å². The molecule has 0 aliphatic heterocycles. The van der Waals surface area contributed by atoms with E-state index < -0.39 is 0 Å². The summed E-state index contributed by atoms with van der Waals surface area (Å²) >= 11 is 1.61. The third-order valence-electron chi connectivity index (χ3n) is 4.25. The number of carbonyl (C=O) groups is 1. The number of rotatable bonds is 10. The molecule has 0 saturated carbocycles. The van der Waals surface area contributed by atoms with Crippen LogP contribution >= 0.6 is 11.8 Å². The number of nitrogens with zero attached hydrogens (tertiary/aromatic N) is 4. The number of nitrogens with one attached hydrogen (secondary N) is 2. The van der Waals surface area contributed by atoms with E-state index in [0.29, 0.717) is 29.2 Å². The second-order valence-electron chi connectivity index (χ2n) is 7.88. The minimum absolute atomic E-state index is 0.0247. The normalized spacial score (nSPS) is 11.3. The highest BCUT2D eigenvalue weighted by Gasteiger charge is 2.15. The van der Waals surface area contributed by atoms with Crippen molar-refractivity contribution < 1.29 is 9.53 Å². The van der Waals surface area contributed by atoms with Crippen molar-refractivity contribution in [1.82, 2.24) is 25.1 Å². The van der Waals surface area contributed by atoms with Gasteiger partial charge in [0, 0.05) is 17.8 Å². The number of benzene rings is 1. The van der Waals surface area contributed by atoms with Crippen LogP contribution in [0.4, 0.5) is 5.82 Å². The van der Waals surface area contributed by atoms with Gasteiger partial charge in [0.25, 0.3) is 5.91 Å². The van der Waals surface area contributed by atoms with Crippen LogP contribution in [0.15, 0.2) is 35.6 Å². The summed E-state index contributed by atoms with van der Waals surface area (Å²) in [6.45, 7) is 11.3. The fourth-order valence-corrected chi connectivity index (χ4v) is 3.66. The van der Waals surface area contributed by atoms with Gasteiger partial charge in [-0.3, -0.25) is 4.79 Å². The predicted octanol–water partition coefficient (Wildman–Crippen LogP) is 3.65. The molecule has 3 rings (SSSR count). The number of aryl methyl sites for hydroxylation is 1. The number of anilines is 1. The Labute approximate surface area is 187 Å². The summed E-state index contributed by atoms with van der Waals surface area (Å²) in [7, 11) is 0. The average Bonchev–Trinajstić information content (AvgIpc) is 3.09. The van der Waals surface area contributed by atoms with Crippen LogP contribution in [0.3, 0.4) is 0 Å². The van der Waals surface area contributed by atoms with Gasteiger partial charge in [0.1, 0.15) is 11.6 Å². The van der Waals surface area contributed by atoms with Gasteiger partial charge in [0.05, 0.1) is 18.1 Å². The SMILES string of the molecule is Cc1cccc(OCC(=O)NCCn2ncc3c(NC(C)C)nc(SC(C)C)nc32)c1. The summed E-state index contributed by atoms with van der Waals surface area (Å²) in [6, 6.07) is 7.87.